The zero-order valence-corrected chi connectivity index (χ0v) is 11.6. The van der Waals surface area contributed by atoms with Crippen LogP contribution in [0.1, 0.15) is 10.4 Å². The minimum absolute atomic E-state index is 0.330. The van der Waals surface area contributed by atoms with Crippen LogP contribution in [0.5, 0.6) is 0 Å². The molecule has 0 unspecified atom stereocenters. The molecule has 22 heavy (non-hydrogen) atoms. The summed E-state index contributed by atoms with van der Waals surface area (Å²) in [5, 5.41) is 10.3. The first kappa shape index (κ1) is 13.8. The molecule has 3 rings (SSSR count). The quantitative estimate of drug-likeness (QED) is 0.738. The van der Waals surface area contributed by atoms with Gasteiger partial charge in [0.05, 0.1) is 11.1 Å². The van der Waals surface area contributed by atoms with Gasteiger partial charge >= 0.3 is 0 Å². The lowest BCUT2D eigenvalue weighted by molar-refractivity contribution is 0.0998. The predicted octanol–water partition coefficient (Wildman–Crippen LogP) is 2.53. The van der Waals surface area contributed by atoms with E-state index in [2.05, 4.69) is 9.98 Å². The van der Waals surface area contributed by atoms with Crippen molar-refractivity contribution in [3.63, 3.8) is 0 Å². The Morgan fingerprint density at radius 3 is 2.55 bits per heavy atom. The van der Waals surface area contributed by atoms with Gasteiger partial charge < -0.3 is 5.21 Å². The molecule has 1 aromatic carbocycles. The lowest BCUT2D eigenvalue weighted by Gasteiger charge is -2.05. The topological polar surface area (TPSA) is 67.5 Å². The Kier molecular flexibility index (Phi) is 3.78. The van der Waals surface area contributed by atoms with Crippen LogP contribution in [-0.2, 0) is 0 Å². The summed E-state index contributed by atoms with van der Waals surface area (Å²) in [6.07, 6.45) is 3.06. The van der Waals surface area contributed by atoms with Crippen molar-refractivity contribution < 1.29 is 10.0 Å². The predicted molar refractivity (Wildman–Crippen MR) is 81.2 cm³/mol. The molecule has 0 radical (unpaired) electrons. The molecule has 0 saturated heterocycles. The highest BCUT2D eigenvalue weighted by Crippen LogP contribution is 2.12. The van der Waals surface area contributed by atoms with Crippen LogP contribution in [0.25, 0.3) is 11.4 Å². The van der Waals surface area contributed by atoms with Gasteiger partial charge in [0.25, 0.3) is 5.91 Å². The van der Waals surface area contributed by atoms with Crippen molar-refractivity contribution in [1.29, 1.82) is 0 Å². The highest BCUT2D eigenvalue weighted by atomic mass is 16.5. The van der Waals surface area contributed by atoms with Crippen molar-refractivity contribution >= 4 is 5.91 Å². The molecule has 5 heteroatoms. The van der Waals surface area contributed by atoms with Crippen LogP contribution in [0.15, 0.2) is 78.0 Å². The smallest absolute Gasteiger partial charge is 0.277 e. The third-order valence-electron chi connectivity index (χ3n) is 3.10. The number of amides is 1. The van der Waals surface area contributed by atoms with E-state index >= 15 is 0 Å². The van der Waals surface area contributed by atoms with Crippen molar-refractivity contribution in [3.8, 4) is 11.4 Å². The van der Waals surface area contributed by atoms with Gasteiger partial charge in [-0.1, -0.05) is 24.3 Å². The van der Waals surface area contributed by atoms with Crippen molar-refractivity contribution in [2.45, 2.75) is 0 Å². The molecular weight excluding hydrogens is 278 g/mol. The lowest BCUT2D eigenvalue weighted by atomic mass is 10.2. The Morgan fingerprint density at radius 1 is 1.05 bits per heavy atom. The zero-order valence-electron chi connectivity index (χ0n) is 11.6. The van der Waals surface area contributed by atoms with Gasteiger partial charge in [-0.3, -0.25) is 9.78 Å². The molecule has 0 spiro atoms. The third-order valence-corrected chi connectivity index (χ3v) is 3.10. The Hall–Kier alpha value is -3.21. The van der Waals surface area contributed by atoms with E-state index in [0.29, 0.717) is 22.3 Å². The summed E-state index contributed by atoms with van der Waals surface area (Å²) in [7, 11) is 0. The number of rotatable bonds is 2. The van der Waals surface area contributed by atoms with Crippen LogP contribution in [0.4, 0.5) is 0 Å². The van der Waals surface area contributed by atoms with Crippen LogP contribution >= 0.6 is 0 Å². The fraction of sp³-hybridized carbons (Fsp3) is 0. The number of hydrogen-bond acceptors (Lipinski definition) is 3. The van der Waals surface area contributed by atoms with E-state index < -0.39 is 0 Å². The Bertz CT molecular complexity index is 856. The minimum atomic E-state index is -0.330. The summed E-state index contributed by atoms with van der Waals surface area (Å²) in [6, 6.07) is 17.4. The molecule has 2 heterocycles. The molecule has 0 aliphatic rings. The maximum Gasteiger partial charge on any atom is 0.277 e. The Morgan fingerprint density at radius 2 is 1.82 bits per heavy atom. The second kappa shape index (κ2) is 6.05. The number of benzene rings is 1. The number of nitrogens with zero attached hydrogens (tertiary/aromatic N) is 3. The van der Waals surface area contributed by atoms with E-state index in [1.807, 2.05) is 12.1 Å². The van der Waals surface area contributed by atoms with Crippen molar-refractivity contribution in [2.75, 3.05) is 0 Å². The molecular formula is C17H13N3O2. The van der Waals surface area contributed by atoms with Crippen LogP contribution < -0.4 is 5.36 Å². The van der Waals surface area contributed by atoms with Crippen molar-refractivity contribution in [2.24, 2.45) is 4.99 Å². The molecule has 5 nitrogen and oxygen atoms in total. The second-order valence-electron chi connectivity index (χ2n) is 4.61. The van der Waals surface area contributed by atoms with E-state index in [1.54, 1.807) is 54.7 Å². The van der Waals surface area contributed by atoms with Crippen LogP contribution in [0.3, 0.4) is 0 Å². The molecule has 0 aliphatic carbocycles. The normalized spacial score (nSPS) is 11.4. The fourth-order valence-corrected chi connectivity index (χ4v) is 2.02. The zero-order chi connectivity index (χ0) is 15.4. The monoisotopic (exact) mass is 291 g/mol. The standard InChI is InChI=1S/C17H13N3O2/c21-17(13-6-2-1-3-7-13)19-14-9-11-20(22)16(12-14)15-8-4-5-10-18-15/h1-12,22H. The third kappa shape index (κ3) is 2.93. The van der Waals surface area contributed by atoms with E-state index in [1.165, 1.54) is 6.20 Å². The molecule has 108 valence electrons. The first-order valence-corrected chi connectivity index (χ1v) is 6.71. The van der Waals surface area contributed by atoms with Gasteiger partial charge in [0, 0.05) is 18.0 Å². The average Bonchev–Trinajstić information content (AvgIpc) is 2.58. The van der Waals surface area contributed by atoms with Gasteiger partial charge in [-0.25, -0.2) is 4.99 Å². The van der Waals surface area contributed by atoms with E-state index in [0.717, 1.165) is 4.73 Å². The molecule has 0 atom stereocenters. The summed E-state index contributed by atoms with van der Waals surface area (Å²) in [5.74, 6) is -0.330. The molecule has 2 aromatic heterocycles. The highest BCUT2D eigenvalue weighted by Gasteiger charge is 2.05. The van der Waals surface area contributed by atoms with E-state index in [9.17, 15) is 10.0 Å². The SMILES string of the molecule is O=C(N=c1ccn(O)c(-c2ccccn2)c1)c1ccccc1. The van der Waals surface area contributed by atoms with Crippen LogP contribution in [0, 0.1) is 0 Å². The maximum absolute atomic E-state index is 12.1. The van der Waals surface area contributed by atoms with Crippen LogP contribution in [-0.4, -0.2) is 20.8 Å². The van der Waals surface area contributed by atoms with E-state index in [4.69, 9.17) is 0 Å². The van der Waals surface area contributed by atoms with Gasteiger partial charge in [0.2, 0.25) is 0 Å². The van der Waals surface area contributed by atoms with Gasteiger partial charge in [-0.15, -0.1) is 0 Å². The fourth-order valence-electron chi connectivity index (χ4n) is 2.02. The number of hydrogen-bond donors (Lipinski definition) is 1. The van der Waals surface area contributed by atoms with Crippen LogP contribution in [0.2, 0.25) is 0 Å². The lowest BCUT2D eigenvalue weighted by Crippen LogP contribution is -2.11. The summed E-state index contributed by atoms with van der Waals surface area (Å²) in [4.78, 5) is 20.3. The van der Waals surface area contributed by atoms with Crippen molar-refractivity contribution in [3.05, 3.63) is 84.0 Å². The maximum atomic E-state index is 12.1. The second-order valence-corrected chi connectivity index (χ2v) is 4.61. The van der Waals surface area contributed by atoms with E-state index in [-0.39, 0.29) is 5.91 Å². The number of carbonyl (C=O) groups is 1. The minimum Gasteiger partial charge on any atom is -0.428 e. The molecule has 0 bridgehead atoms. The summed E-state index contributed by atoms with van der Waals surface area (Å²) in [5.41, 5.74) is 1.57. The average molecular weight is 291 g/mol. The van der Waals surface area contributed by atoms with Gasteiger partial charge in [0.1, 0.15) is 5.69 Å². The Labute approximate surface area is 126 Å². The van der Waals surface area contributed by atoms with Gasteiger partial charge in [0.15, 0.2) is 0 Å². The first-order chi connectivity index (χ1) is 10.7. The summed E-state index contributed by atoms with van der Waals surface area (Å²) in [6.45, 7) is 0. The molecule has 0 aliphatic heterocycles. The number of pyridine rings is 2. The molecule has 0 fully saturated rings. The Balaban J connectivity index is 2.03. The number of carbonyl (C=O) groups excluding carboxylic acids is 1. The summed E-state index contributed by atoms with van der Waals surface area (Å²) >= 11 is 0. The highest BCUT2D eigenvalue weighted by molar-refractivity contribution is 5.94. The largest absolute Gasteiger partial charge is 0.428 e. The molecule has 0 saturated carbocycles. The van der Waals surface area contributed by atoms with Gasteiger partial charge in [-0.05, 0) is 36.4 Å². The van der Waals surface area contributed by atoms with Gasteiger partial charge in [-0.2, -0.15) is 4.73 Å². The molecule has 1 amide bonds. The molecule has 3 aromatic rings. The molecule has 1 N–H and O–H groups in total. The first-order valence-electron chi connectivity index (χ1n) is 6.71. The number of aromatic nitrogens is 2. The van der Waals surface area contributed by atoms with Crippen molar-refractivity contribution in [1.82, 2.24) is 9.71 Å². The summed E-state index contributed by atoms with van der Waals surface area (Å²) < 4.78 is 0.953.